The van der Waals surface area contributed by atoms with E-state index in [1.807, 2.05) is 6.07 Å². The number of rotatable bonds is 7. The third-order valence-corrected chi connectivity index (χ3v) is 6.66. The van der Waals surface area contributed by atoms with Crippen molar-refractivity contribution in [2.75, 3.05) is 23.3 Å². The molecule has 0 aliphatic rings. The van der Waals surface area contributed by atoms with E-state index in [0.29, 0.717) is 17.1 Å². The molecule has 3 aromatic rings. The summed E-state index contributed by atoms with van der Waals surface area (Å²) in [5, 5.41) is 2.87. The molecule has 0 atom stereocenters. The Bertz CT molecular complexity index is 1150. The smallest absolute Gasteiger partial charge is 0.264 e. The summed E-state index contributed by atoms with van der Waals surface area (Å²) in [6, 6.07) is 19.7. The zero-order valence-electron chi connectivity index (χ0n) is 16.5. The molecule has 0 spiro atoms. The van der Waals surface area contributed by atoms with Crippen LogP contribution in [0.1, 0.15) is 17.3 Å². The van der Waals surface area contributed by atoms with Gasteiger partial charge in [0.1, 0.15) is 5.75 Å². The van der Waals surface area contributed by atoms with Crippen molar-refractivity contribution in [1.82, 2.24) is 0 Å². The van der Waals surface area contributed by atoms with E-state index in [2.05, 4.69) is 5.32 Å². The van der Waals surface area contributed by atoms with Crippen LogP contribution in [0.4, 0.5) is 11.4 Å². The Morgan fingerprint density at radius 2 is 1.77 bits per heavy atom. The largest absolute Gasteiger partial charge is 0.497 e. The second-order valence-electron chi connectivity index (χ2n) is 6.33. The van der Waals surface area contributed by atoms with Crippen LogP contribution >= 0.6 is 11.6 Å². The van der Waals surface area contributed by atoms with Crippen LogP contribution in [0.2, 0.25) is 5.02 Å². The van der Waals surface area contributed by atoms with Gasteiger partial charge in [0.2, 0.25) is 0 Å². The summed E-state index contributed by atoms with van der Waals surface area (Å²) in [6.07, 6.45) is 0. The fourth-order valence-electron chi connectivity index (χ4n) is 2.95. The first-order chi connectivity index (χ1) is 14.4. The highest BCUT2D eigenvalue weighted by Gasteiger charge is 2.25. The van der Waals surface area contributed by atoms with Crippen LogP contribution in [0.15, 0.2) is 77.7 Å². The molecule has 1 amide bonds. The maximum Gasteiger partial charge on any atom is 0.264 e. The number of halogens is 1. The number of amides is 1. The number of hydrogen-bond donors (Lipinski definition) is 1. The van der Waals surface area contributed by atoms with E-state index < -0.39 is 15.9 Å². The van der Waals surface area contributed by atoms with Crippen LogP contribution in [0, 0.1) is 0 Å². The topological polar surface area (TPSA) is 75.7 Å². The summed E-state index contributed by atoms with van der Waals surface area (Å²) in [4.78, 5) is 12.8. The molecule has 1 N–H and O–H groups in total. The lowest BCUT2D eigenvalue weighted by Gasteiger charge is -2.23. The molecular weight excluding hydrogens is 424 g/mol. The van der Waals surface area contributed by atoms with Gasteiger partial charge in [0.05, 0.1) is 28.3 Å². The van der Waals surface area contributed by atoms with Gasteiger partial charge in [-0.1, -0.05) is 35.9 Å². The second-order valence-corrected chi connectivity index (χ2v) is 8.60. The molecule has 3 rings (SSSR count). The predicted molar refractivity (Wildman–Crippen MR) is 119 cm³/mol. The van der Waals surface area contributed by atoms with Gasteiger partial charge in [0.25, 0.3) is 15.9 Å². The summed E-state index contributed by atoms with van der Waals surface area (Å²) in [7, 11) is -2.36. The SMILES string of the molecule is CCN(c1ccccc1)S(=O)(=O)c1ccc(Cl)c(C(=O)Nc2cccc(OC)c2)c1. The number of benzene rings is 3. The van der Waals surface area contributed by atoms with Crippen LogP contribution in [0.5, 0.6) is 5.75 Å². The van der Waals surface area contributed by atoms with E-state index in [4.69, 9.17) is 16.3 Å². The number of nitrogens with zero attached hydrogens (tertiary/aromatic N) is 1. The lowest BCUT2D eigenvalue weighted by Crippen LogP contribution is -2.31. The van der Waals surface area contributed by atoms with E-state index in [9.17, 15) is 13.2 Å². The van der Waals surface area contributed by atoms with Crippen LogP contribution in [-0.4, -0.2) is 28.0 Å². The number of nitrogens with one attached hydrogen (secondary N) is 1. The molecule has 0 unspecified atom stereocenters. The average Bonchev–Trinajstić information content (AvgIpc) is 2.75. The lowest BCUT2D eigenvalue weighted by molar-refractivity contribution is 0.102. The van der Waals surface area contributed by atoms with E-state index >= 15 is 0 Å². The van der Waals surface area contributed by atoms with E-state index in [0.717, 1.165) is 0 Å². The summed E-state index contributed by atoms with van der Waals surface area (Å²) >= 11 is 6.20. The third kappa shape index (κ3) is 4.58. The van der Waals surface area contributed by atoms with E-state index in [1.54, 1.807) is 55.5 Å². The molecule has 0 aliphatic heterocycles. The minimum atomic E-state index is -3.89. The number of ether oxygens (including phenoxy) is 1. The van der Waals surface area contributed by atoms with Gasteiger partial charge in [0.15, 0.2) is 0 Å². The molecule has 0 saturated heterocycles. The monoisotopic (exact) mass is 444 g/mol. The van der Waals surface area contributed by atoms with E-state index in [1.165, 1.54) is 29.6 Å². The molecule has 30 heavy (non-hydrogen) atoms. The Morgan fingerprint density at radius 1 is 1.03 bits per heavy atom. The van der Waals surface area contributed by atoms with Crippen LogP contribution in [-0.2, 0) is 10.0 Å². The fourth-order valence-corrected chi connectivity index (χ4v) is 4.65. The Balaban J connectivity index is 1.94. The maximum atomic E-state index is 13.2. The number of methoxy groups -OCH3 is 1. The van der Waals surface area contributed by atoms with Crippen molar-refractivity contribution in [2.45, 2.75) is 11.8 Å². The number of para-hydroxylation sites is 1. The van der Waals surface area contributed by atoms with Crippen LogP contribution in [0.3, 0.4) is 0 Å². The Morgan fingerprint density at radius 3 is 2.43 bits per heavy atom. The van der Waals surface area contributed by atoms with Gasteiger partial charge in [-0.2, -0.15) is 0 Å². The Kier molecular flexibility index (Phi) is 6.64. The van der Waals surface area contributed by atoms with E-state index in [-0.39, 0.29) is 22.0 Å². The van der Waals surface area contributed by atoms with Gasteiger partial charge in [0, 0.05) is 18.3 Å². The van der Waals surface area contributed by atoms with Crippen molar-refractivity contribution in [3.63, 3.8) is 0 Å². The molecule has 0 aliphatic carbocycles. The third-order valence-electron chi connectivity index (χ3n) is 4.43. The molecule has 3 aromatic carbocycles. The highest BCUT2D eigenvalue weighted by Crippen LogP contribution is 2.27. The molecule has 0 aromatic heterocycles. The van der Waals surface area contributed by atoms with Crippen LogP contribution in [0.25, 0.3) is 0 Å². The van der Waals surface area contributed by atoms with Gasteiger partial charge in [-0.05, 0) is 49.4 Å². The Labute approximate surface area is 181 Å². The summed E-state index contributed by atoms with van der Waals surface area (Å²) in [5.41, 5.74) is 1.10. The molecular formula is C22H21ClN2O4S. The van der Waals surface area contributed by atoms with Crippen molar-refractivity contribution >= 4 is 38.9 Å². The summed E-state index contributed by atoms with van der Waals surface area (Å²) in [6.45, 7) is 1.98. The minimum absolute atomic E-state index is 0.0200. The fraction of sp³-hybridized carbons (Fsp3) is 0.136. The maximum absolute atomic E-state index is 13.2. The number of anilines is 2. The molecule has 0 radical (unpaired) electrons. The number of hydrogen-bond acceptors (Lipinski definition) is 4. The second kappa shape index (κ2) is 9.19. The highest BCUT2D eigenvalue weighted by atomic mass is 35.5. The number of sulfonamides is 1. The first kappa shape index (κ1) is 21.7. The van der Waals surface area contributed by atoms with Gasteiger partial charge in [-0.15, -0.1) is 0 Å². The molecule has 156 valence electrons. The normalized spacial score (nSPS) is 11.0. The Hall–Kier alpha value is -3.03. The molecule has 6 nitrogen and oxygen atoms in total. The first-order valence-electron chi connectivity index (χ1n) is 9.19. The van der Waals surface area contributed by atoms with Gasteiger partial charge < -0.3 is 10.1 Å². The average molecular weight is 445 g/mol. The molecule has 8 heteroatoms. The zero-order chi connectivity index (χ0) is 21.7. The highest BCUT2D eigenvalue weighted by molar-refractivity contribution is 7.92. The summed E-state index contributed by atoms with van der Waals surface area (Å²) in [5.74, 6) is 0.0599. The van der Waals surface area contributed by atoms with Gasteiger partial charge >= 0.3 is 0 Å². The summed E-state index contributed by atoms with van der Waals surface area (Å²) < 4.78 is 32.9. The van der Waals surface area contributed by atoms with Crippen molar-refractivity contribution in [3.8, 4) is 5.75 Å². The van der Waals surface area contributed by atoms with Crippen LogP contribution < -0.4 is 14.4 Å². The number of carbonyl (C=O) groups is 1. The van der Waals surface area contributed by atoms with Gasteiger partial charge in [-0.25, -0.2) is 8.42 Å². The first-order valence-corrected chi connectivity index (χ1v) is 11.0. The molecule has 0 bridgehead atoms. The van der Waals surface area contributed by atoms with Crippen molar-refractivity contribution in [2.24, 2.45) is 0 Å². The number of carbonyl (C=O) groups excluding carboxylic acids is 1. The predicted octanol–water partition coefficient (Wildman–Crippen LogP) is 4.82. The standard InChI is InChI=1S/C22H21ClN2O4S/c1-3-25(17-9-5-4-6-10-17)30(27,28)19-12-13-21(23)20(15-19)22(26)24-16-8-7-11-18(14-16)29-2/h4-15H,3H2,1-2H3,(H,24,26). The van der Waals surface area contributed by atoms with Crippen molar-refractivity contribution < 1.29 is 17.9 Å². The molecule has 0 fully saturated rings. The van der Waals surface area contributed by atoms with Crippen molar-refractivity contribution in [3.05, 3.63) is 83.4 Å². The lowest BCUT2D eigenvalue weighted by atomic mass is 10.2. The molecule has 0 heterocycles. The quantitative estimate of drug-likeness (QED) is 0.567. The van der Waals surface area contributed by atoms with Crippen molar-refractivity contribution in [1.29, 1.82) is 0 Å². The minimum Gasteiger partial charge on any atom is -0.497 e. The molecule has 0 saturated carbocycles. The zero-order valence-corrected chi connectivity index (χ0v) is 18.1. The van der Waals surface area contributed by atoms with Gasteiger partial charge in [-0.3, -0.25) is 9.10 Å².